The summed E-state index contributed by atoms with van der Waals surface area (Å²) in [6.07, 6.45) is 5.33. The number of hydrogen-bond donors (Lipinski definition) is 1. The minimum Gasteiger partial charge on any atom is -0.343 e. The fourth-order valence-electron chi connectivity index (χ4n) is 1.57. The molecule has 13 heavy (non-hydrogen) atoms. The first kappa shape index (κ1) is 10.5. The van der Waals surface area contributed by atoms with Crippen molar-refractivity contribution in [3.05, 3.63) is 0 Å². The molecular weight excluding hydrogens is 164 g/mol. The standard InChI is InChI=1S/C10H20N2O/c1-11-8-4-7-10(13)12(2)9-5-3-6-9/h9,11H,3-8H2,1-2H3. The van der Waals surface area contributed by atoms with Gasteiger partial charge in [0.2, 0.25) is 5.91 Å². The second kappa shape index (κ2) is 5.22. The zero-order valence-electron chi connectivity index (χ0n) is 8.68. The van der Waals surface area contributed by atoms with Crippen LogP contribution in [-0.2, 0) is 4.79 Å². The molecule has 0 radical (unpaired) electrons. The van der Waals surface area contributed by atoms with E-state index in [-0.39, 0.29) is 0 Å². The van der Waals surface area contributed by atoms with Crippen molar-refractivity contribution in [1.29, 1.82) is 0 Å². The molecule has 0 aromatic rings. The van der Waals surface area contributed by atoms with Crippen molar-refractivity contribution >= 4 is 5.91 Å². The molecule has 3 nitrogen and oxygen atoms in total. The number of nitrogens with zero attached hydrogens (tertiary/aromatic N) is 1. The van der Waals surface area contributed by atoms with Crippen LogP contribution in [0.25, 0.3) is 0 Å². The molecule has 76 valence electrons. The summed E-state index contributed by atoms with van der Waals surface area (Å²) >= 11 is 0. The maximum Gasteiger partial charge on any atom is 0.222 e. The van der Waals surface area contributed by atoms with Crippen LogP contribution < -0.4 is 5.32 Å². The predicted octanol–water partition coefficient (Wildman–Crippen LogP) is 0.997. The van der Waals surface area contributed by atoms with Crippen molar-refractivity contribution in [2.45, 2.75) is 38.1 Å². The lowest BCUT2D eigenvalue weighted by Gasteiger charge is -2.34. The van der Waals surface area contributed by atoms with Gasteiger partial charge in [0.05, 0.1) is 0 Å². The molecule has 1 rings (SSSR count). The van der Waals surface area contributed by atoms with Crippen molar-refractivity contribution in [3.8, 4) is 0 Å². The van der Waals surface area contributed by atoms with Crippen LogP contribution >= 0.6 is 0 Å². The summed E-state index contributed by atoms with van der Waals surface area (Å²) in [7, 11) is 3.85. The Kier molecular flexibility index (Phi) is 4.22. The van der Waals surface area contributed by atoms with Crippen LogP contribution in [0.1, 0.15) is 32.1 Å². The van der Waals surface area contributed by atoms with E-state index >= 15 is 0 Å². The van der Waals surface area contributed by atoms with Gasteiger partial charge in [-0.15, -0.1) is 0 Å². The Labute approximate surface area is 80.5 Å². The topological polar surface area (TPSA) is 32.3 Å². The van der Waals surface area contributed by atoms with Crippen LogP contribution in [0.5, 0.6) is 0 Å². The summed E-state index contributed by atoms with van der Waals surface area (Å²) in [5, 5.41) is 3.05. The van der Waals surface area contributed by atoms with Gasteiger partial charge in [0.1, 0.15) is 0 Å². The van der Waals surface area contributed by atoms with Gasteiger partial charge >= 0.3 is 0 Å². The highest BCUT2D eigenvalue weighted by Gasteiger charge is 2.24. The minimum absolute atomic E-state index is 0.306. The van der Waals surface area contributed by atoms with Crippen LogP contribution in [0.4, 0.5) is 0 Å². The van der Waals surface area contributed by atoms with Crippen LogP contribution in [0.15, 0.2) is 0 Å². The molecule has 0 aromatic carbocycles. The van der Waals surface area contributed by atoms with Crippen molar-refractivity contribution in [3.63, 3.8) is 0 Å². The lowest BCUT2D eigenvalue weighted by molar-refractivity contribution is -0.133. The maximum absolute atomic E-state index is 11.6. The third-order valence-electron chi connectivity index (χ3n) is 2.83. The molecule has 0 heterocycles. The molecule has 3 heteroatoms. The fourth-order valence-corrected chi connectivity index (χ4v) is 1.57. The van der Waals surface area contributed by atoms with Crippen LogP contribution in [0.2, 0.25) is 0 Å². The van der Waals surface area contributed by atoms with E-state index in [9.17, 15) is 4.79 Å². The van der Waals surface area contributed by atoms with Crippen molar-refractivity contribution in [2.75, 3.05) is 20.6 Å². The Morgan fingerprint density at radius 2 is 2.23 bits per heavy atom. The highest BCUT2D eigenvalue weighted by Crippen LogP contribution is 2.23. The van der Waals surface area contributed by atoms with E-state index in [2.05, 4.69) is 5.32 Å². The van der Waals surface area contributed by atoms with E-state index in [0.29, 0.717) is 18.4 Å². The van der Waals surface area contributed by atoms with E-state index in [1.807, 2.05) is 19.0 Å². The molecule has 1 fully saturated rings. The predicted molar refractivity (Wildman–Crippen MR) is 53.6 cm³/mol. The molecule has 0 unspecified atom stereocenters. The summed E-state index contributed by atoms with van der Waals surface area (Å²) < 4.78 is 0. The number of hydrogen-bond acceptors (Lipinski definition) is 2. The molecule has 1 aliphatic rings. The third-order valence-corrected chi connectivity index (χ3v) is 2.83. The minimum atomic E-state index is 0.306. The Bertz CT molecular complexity index is 166. The van der Waals surface area contributed by atoms with Crippen LogP contribution in [0.3, 0.4) is 0 Å². The number of rotatable bonds is 5. The molecule has 0 aromatic heterocycles. The van der Waals surface area contributed by atoms with E-state index < -0.39 is 0 Å². The maximum atomic E-state index is 11.6. The number of nitrogens with one attached hydrogen (secondary N) is 1. The molecule has 0 bridgehead atoms. The monoisotopic (exact) mass is 184 g/mol. The summed E-state index contributed by atoms with van der Waals surface area (Å²) in [4.78, 5) is 13.5. The Balaban J connectivity index is 2.13. The summed E-state index contributed by atoms with van der Waals surface area (Å²) in [6.45, 7) is 0.935. The van der Waals surface area contributed by atoms with Gasteiger partial charge in [0.25, 0.3) is 0 Å². The van der Waals surface area contributed by atoms with Gasteiger partial charge in [-0.3, -0.25) is 4.79 Å². The second-order valence-corrected chi connectivity index (χ2v) is 3.80. The quantitative estimate of drug-likeness (QED) is 0.646. The molecule has 1 saturated carbocycles. The van der Waals surface area contributed by atoms with Crippen molar-refractivity contribution in [2.24, 2.45) is 0 Å². The molecule has 0 spiro atoms. The fraction of sp³-hybridized carbons (Fsp3) is 0.900. The Morgan fingerprint density at radius 1 is 1.54 bits per heavy atom. The average molecular weight is 184 g/mol. The first-order chi connectivity index (χ1) is 6.25. The molecule has 1 aliphatic carbocycles. The van der Waals surface area contributed by atoms with E-state index in [0.717, 1.165) is 13.0 Å². The highest BCUT2D eigenvalue weighted by atomic mass is 16.2. The average Bonchev–Trinajstić information content (AvgIpc) is 2.01. The number of carbonyl (C=O) groups excluding carboxylic acids is 1. The first-order valence-corrected chi connectivity index (χ1v) is 5.16. The van der Waals surface area contributed by atoms with E-state index in [1.165, 1.54) is 19.3 Å². The molecule has 0 atom stereocenters. The lowest BCUT2D eigenvalue weighted by Crippen LogP contribution is -2.41. The van der Waals surface area contributed by atoms with Crippen LogP contribution in [-0.4, -0.2) is 37.5 Å². The zero-order chi connectivity index (χ0) is 9.68. The largest absolute Gasteiger partial charge is 0.343 e. The Hall–Kier alpha value is -0.570. The SMILES string of the molecule is CNCCCC(=O)N(C)C1CCC1. The number of amides is 1. The molecule has 1 N–H and O–H groups in total. The van der Waals surface area contributed by atoms with Crippen molar-refractivity contribution < 1.29 is 4.79 Å². The molecular formula is C10H20N2O. The summed E-state index contributed by atoms with van der Waals surface area (Å²) in [5.41, 5.74) is 0. The van der Waals surface area contributed by atoms with Gasteiger partial charge in [0, 0.05) is 19.5 Å². The normalized spacial score (nSPS) is 16.8. The summed E-state index contributed by atoms with van der Waals surface area (Å²) in [5.74, 6) is 0.306. The second-order valence-electron chi connectivity index (χ2n) is 3.80. The van der Waals surface area contributed by atoms with Crippen molar-refractivity contribution in [1.82, 2.24) is 10.2 Å². The van der Waals surface area contributed by atoms with E-state index in [1.54, 1.807) is 0 Å². The smallest absolute Gasteiger partial charge is 0.222 e. The first-order valence-electron chi connectivity index (χ1n) is 5.16. The third kappa shape index (κ3) is 2.99. The van der Waals surface area contributed by atoms with E-state index in [4.69, 9.17) is 0 Å². The molecule has 1 amide bonds. The molecule has 0 saturated heterocycles. The van der Waals surface area contributed by atoms with Gasteiger partial charge in [-0.2, -0.15) is 0 Å². The summed E-state index contributed by atoms with van der Waals surface area (Å²) in [6, 6.07) is 0.544. The zero-order valence-corrected chi connectivity index (χ0v) is 8.68. The van der Waals surface area contributed by atoms with Gasteiger partial charge in [-0.25, -0.2) is 0 Å². The van der Waals surface area contributed by atoms with Gasteiger partial charge in [-0.1, -0.05) is 0 Å². The molecule has 0 aliphatic heterocycles. The van der Waals surface area contributed by atoms with Gasteiger partial charge in [0.15, 0.2) is 0 Å². The lowest BCUT2D eigenvalue weighted by atomic mass is 9.91. The van der Waals surface area contributed by atoms with Gasteiger partial charge < -0.3 is 10.2 Å². The van der Waals surface area contributed by atoms with Gasteiger partial charge in [-0.05, 0) is 39.3 Å². The number of carbonyl (C=O) groups is 1. The highest BCUT2D eigenvalue weighted by molar-refractivity contribution is 5.76. The van der Waals surface area contributed by atoms with Crippen LogP contribution in [0, 0.1) is 0 Å². The Morgan fingerprint density at radius 3 is 2.69 bits per heavy atom.